The Morgan fingerprint density at radius 2 is 1.92 bits per heavy atom. The highest BCUT2D eigenvalue weighted by molar-refractivity contribution is 5.33. The SMILES string of the molecule is CCCC(CC)C1CCOC(c2[c]cccc2)(c2ccccc2)O1. The summed E-state index contributed by atoms with van der Waals surface area (Å²) in [5.41, 5.74) is 2.00. The van der Waals surface area contributed by atoms with Gasteiger partial charge in [0.05, 0.1) is 12.7 Å². The molecule has 0 amide bonds. The van der Waals surface area contributed by atoms with E-state index in [1.54, 1.807) is 0 Å². The Morgan fingerprint density at radius 3 is 2.58 bits per heavy atom. The second-order valence-corrected chi connectivity index (χ2v) is 6.51. The summed E-state index contributed by atoms with van der Waals surface area (Å²) in [5, 5.41) is 0. The topological polar surface area (TPSA) is 18.5 Å². The first-order valence-electron chi connectivity index (χ1n) is 9.14. The van der Waals surface area contributed by atoms with Gasteiger partial charge in [-0.2, -0.15) is 0 Å². The quantitative estimate of drug-likeness (QED) is 0.716. The fourth-order valence-corrected chi connectivity index (χ4v) is 3.68. The minimum atomic E-state index is -0.841. The molecule has 1 saturated heterocycles. The van der Waals surface area contributed by atoms with E-state index in [0.717, 1.165) is 24.0 Å². The van der Waals surface area contributed by atoms with Crippen molar-refractivity contribution in [3.8, 4) is 0 Å². The van der Waals surface area contributed by atoms with E-state index in [1.165, 1.54) is 12.8 Å². The molecule has 0 aromatic heterocycles. The molecule has 0 spiro atoms. The summed E-state index contributed by atoms with van der Waals surface area (Å²) in [4.78, 5) is 0. The van der Waals surface area contributed by atoms with E-state index in [-0.39, 0.29) is 6.10 Å². The molecule has 2 heteroatoms. The second kappa shape index (κ2) is 7.96. The van der Waals surface area contributed by atoms with E-state index in [1.807, 2.05) is 36.4 Å². The van der Waals surface area contributed by atoms with E-state index < -0.39 is 5.79 Å². The minimum Gasteiger partial charge on any atom is -0.342 e. The average molecular weight is 323 g/mol. The molecule has 1 heterocycles. The summed E-state index contributed by atoms with van der Waals surface area (Å²) in [6.07, 6.45) is 4.71. The summed E-state index contributed by atoms with van der Waals surface area (Å²) in [6.45, 7) is 5.22. The lowest BCUT2D eigenvalue weighted by Crippen LogP contribution is -2.45. The molecular formula is C22H27O2. The molecule has 0 bridgehead atoms. The first kappa shape index (κ1) is 17.2. The predicted octanol–water partition coefficient (Wildman–Crippen LogP) is 5.32. The number of benzene rings is 2. The van der Waals surface area contributed by atoms with Crippen molar-refractivity contribution in [1.29, 1.82) is 0 Å². The van der Waals surface area contributed by atoms with Gasteiger partial charge < -0.3 is 9.47 Å². The maximum atomic E-state index is 6.70. The highest BCUT2D eigenvalue weighted by Gasteiger charge is 2.43. The third-order valence-corrected chi connectivity index (χ3v) is 4.95. The number of rotatable bonds is 6. The lowest BCUT2D eigenvalue weighted by atomic mass is 9.89. The van der Waals surface area contributed by atoms with Crippen molar-refractivity contribution in [1.82, 2.24) is 0 Å². The van der Waals surface area contributed by atoms with Gasteiger partial charge in [0.2, 0.25) is 5.79 Å². The molecule has 0 saturated carbocycles. The molecule has 3 unspecified atom stereocenters. The average Bonchev–Trinajstić information content (AvgIpc) is 2.67. The van der Waals surface area contributed by atoms with Crippen molar-refractivity contribution in [2.24, 2.45) is 5.92 Å². The van der Waals surface area contributed by atoms with Crippen LogP contribution in [0.3, 0.4) is 0 Å². The fraction of sp³-hybridized carbons (Fsp3) is 0.455. The van der Waals surface area contributed by atoms with Crippen LogP contribution in [0.15, 0.2) is 54.6 Å². The molecule has 1 fully saturated rings. The van der Waals surface area contributed by atoms with Crippen LogP contribution >= 0.6 is 0 Å². The fourth-order valence-electron chi connectivity index (χ4n) is 3.68. The van der Waals surface area contributed by atoms with E-state index in [2.05, 4.69) is 38.1 Å². The molecule has 1 aliphatic rings. The summed E-state index contributed by atoms with van der Waals surface area (Å²) < 4.78 is 13.0. The summed E-state index contributed by atoms with van der Waals surface area (Å²) >= 11 is 0. The lowest BCUT2D eigenvalue weighted by molar-refractivity contribution is -0.288. The van der Waals surface area contributed by atoms with Gasteiger partial charge in [-0.05, 0) is 24.8 Å². The largest absolute Gasteiger partial charge is 0.342 e. The van der Waals surface area contributed by atoms with Crippen LogP contribution in [0, 0.1) is 12.0 Å². The molecule has 1 radical (unpaired) electrons. The highest BCUT2D eigenvalue weighted by Crippen LogP contribution is 2.41. The van der Waals surface area contributed by atoms with Gasteiger partial charge in [0.1, 0.15) is 0 Å². The standard InChI is InChI=1S/C22H27O2/c1-3-11-18(4-2)21-16-17-23-22(24-21,19-12-7-5-8-13-19)20-14-9-6-10-15-20/h5-10,12-14,18,21H,3-4,11,16-17H2,1-2H3. The van der Waals surface area contributed by atoms with Crippen molar-refractivity contribution < 1.29 is 9.47 Å². The molecule has 127 valence electrons. The van der Waals surface area contributed by atoms with Crippen molar-refractivity contribution in [3.63, 3.8) is 0 Å². The van der Waals surface area contributed by atoms with Crippen LogP contribution in [-0.2, 0) is 15.3 Å². The van der Waals surface area contributed by atoms with Crippen molar-refractivity contribution in [3.05, 3.63) is 71.8 Å². The van der Waals surface area contributed by atoms with Gasteiger partial charge >= 0.3 is 0 Å². The van der Waals surface area contributed by atoms with Gasteiger partial charge in [-0.15, -0.1) is 0 Å². The number of hydrogen-bond donors (Lipinski definition) is 0. The molecule has 3 atom stereocenters. The van der Waals surface area contributed by atoms with E-state index in [0.29, 0.717) is 12.5 Å². The number of hydrogen-bond acceptors (Lipinski definition) is 2. The Kier molecular flexibility index (Phi) is 5.70. The highest BCUT2D eigenvalue weighted by atomic mass is 16.7. The van der Waals surface area contributed by atoms with Crippen LogP contribution in [0.5, 0.6) is 0 Å². The Bertz CT molecular complexity index is 569. The van der Waals surface area contributed by atoms with Gasteiger partial charge in [-0.25, -0.2) is 0 Å². The molecule has 24 heavy (non-hydrogen) atoms. The minimum absolute atomic E-state index is 0.220. The monoisotopic (exact) mass is 323 g/mol. The van der Waals surface area contributed by atoms with Crippen LogP contribution in [0.2, 0.25) is 0 Å². The summed E-state index contributed by atoms with van der Waals surface area (Å²) in [6, 6.07) is 21.6. The van der Waals surface area contributed by atoms with Crippen molar-refractivity contribution in [2.75, 3.05) is 6.61 Å². The summed E-state index contributed by atoms with van der Waals surface area (Å²) in [7, 11) is 0. The van der Waals surface area contributed by atoms with Crippen molar-refractivity contribution >= 4 is 0 Å². The van der Waals surface area contributed by atoms with Crippen LogP contribution in [0.25, 0.3) is 0 Å². The molecule has 2 aromatic rings. The van der Waals surface area contributed by atoms with E-state index in [4.69, 9.17) is 9.47 Å². The predicted molar refractivity (Wildman–Crippen MR) is 96.6 cm³/mol. The molecule has 0 N–H and O–H groups in total. The van der Waals surface area contributed by atoms with Gasteiger partial charge in [0, 0.05) is 11.1 Å². The Labute approximate surface area is 145 Å². The molecule has 0 aliphatic carbocycles. The van der Waals surface area contributed by atoms with E-state index >= 15 is 0 Å². The normalized spacial score (nSPS) is 21.3. The third kappa shape index (κ3) is 3.40. The third-order valence-electron chi connectivity index (χ3n) is 4.95. The maximum Gasteiger partial charge on any atom is 0.223 e. The summed E-state index contributed by atoms with van der Waals surface area (Å²) in [5.74, 6) is -0.266. The Balaban J connectivity index is 1.99. The smallest absolute Gasteiger partial charge is 0.223 e. The maximum absolute atomic E-state index is 6.70. The van der Waals surface area contributed by atoms with Crippen LogP contribution in [-0.4, -0.2) is 12.7 Å². The Morgan fingerprint density at radius 1 is 1.12 bits per heavy atom. The van der Waals surface area contributed by atoms with E-state index in [9.17, 15) is 0 Å². The first-order valence-corrected chi connectivity index (χ1v) is 9.14. The Hall–Kier alpha value is -1.64. The lowest BCUT2D eigenvalue weighted by Gasteiger charge is -2.44. The molecular weight excluding hydrogens is 296 g/mol. The van der Waals surface area contributed by atoms with Gasteiger partial charge in [0.15, 0.2) is 0 Å². The van der Waals surface area contributed by atoms with Crippen LogP contribution < -0.4 is 0 Å². The number of ether oxygens (including phenoxy) is 2. The van der Waals surface area contributed by atoms with Gasteiger partial charge in [-0.1, -0.05) is 81.3 Å². The zero-order valence-electron chi connectivity index (χ0n) is 14.7. The van der Waals surface area contributed by atoms with Crippen LogP contribution in [0.1, 0.15) is 50.7 Å². The van der Waals surface area contributed by atoms with Gasteiger partial charge in [-0.3, -0.25) is 0 Å². The molecule has 1 aliphatic heterocycles. The second-order valence-electron chi connectivity index (χ2n) is 6.51. The van der Waals surface area contributed by atoms with Crippen LogP contribution in [0.4, 0.5) is 0 Å². The van der Waals surface area contributed by atoms with Crippen molar-refractivity contribution in [2.45, 2.75) is 51.4 Å². The molecule has 2 aromatic carbocycles. The van der Waals surface area contributed by atoms with Gasteiger partial charge in [0.25, 0.3) is 0 Å². The first-order chi connectivity index (χ1) is 11.8. The zero-order chi connectivity index (χ0) is 16.8. The molecule has 3 rings (SSSR count). The zero-order valence-corrected chi connectivity index (χ0v) is 14.7. The molecule has 2 nitrogen and oxygen atoms in total.